The number of nitrogens with one attached hydrogen (secondary N) is 1. The Labute approximate surface area is 286 Å². The Morgan fingerprint density at radius 1 is 0.735 bits per heavy atom. The fourth-order valence-corrected chi connectivity index (χ4v) is 7.98. The maximum Gasteiger partial charge on any atom is 0.262 e. The molecule has 4 aliphatic rings. The van der Waals surface area contributed by atoms with Crippen LogP contribution in [0.25, 0.3) is 11.1 Å². The van der Waals surface area contributed by atoms with Gasteiger partial charge >= 0.3 is 0 Å². The molecule has 4 aliphatic heterocycles. The van der Waals surface area contributed by atoms with Crippen molar-refractivity contribution in [2.75, 3.05) is 32.8 Å². The number of nitrogens with zero attached hydrogens (tertiary/aromatic N) is 3. The third-order valence-corrected chi connectivity index (χ3v) is 10.6. The van der Waals surface area contributed by atoms with Crippen molar-refractivity contribution in [2.45, 2.75) is 57.7 Å². The summed E-state index contributed by atoms with van der Waals surface area (Å²) in [7, 11) is 0. The topological polar surface area (TPSA) is 116 Å². The molecule has 0 bridgehead atoms. The summed E-state index contributed by atoms with van der Waals surface area (Å²) in [5, 5.41) is 2.26. The Morgan fingerprint density at radius 3 is 2.14 bits per heavy atom. The lowest BCUT2D eigenvalue weighted by molar-refractivity contribution is -0.138. The molecule has 0 aliphatic carbocycles. The molecule has 1 atom stereocenters. The molecule has 10 nitrogen and oxygen atoms in total. The molecule has 0 saturated carbocycles. The van der Waals surface area contributed by atoms with Crippen LogP contribution in [-0.4, -0.2) is 83.1 Å². The van der Waals surface area contributed by atoms with Crippen LogP contribution < -0.4 is 5.32 Å². The van der Waals surface area contributed by atoms with Gasteiger partial charge in [0.2, 0.25) is 17.7 Å². The van der Waals surface area contributed by atoms with Crippen molar-refractivity contribution in [3.8, 4) is 11.1 Å². The van der Waals surface area contributed by atoms with Crippen LogP contribution in [0, 0.1) is 11.8 Å². The van der Waals surface area contributed by atoms with Crippen LogP contribution in [0.1, 0.15) is 70.4 Å². The summed E-state index contributed by atoms with van der Waals surface area (Å²) in [5.41, 5.74) is 4.31. The second-order valence-electron chi connectivity index (χ2n) is 13.7. The molecule has 3 saturated heterocycles. The second kappa shape index (κ2) is 14.4. The molecule has 3 aromatic rings. The van der Waals surface area contributed by atoms with Crippen LogP contribution in [0.2, 0.25) is 0 Å². The minimum atomic E-state index is -0.994. The van der Waals surface area contributed by atoms with Gasteiger partial charge in [-0.2, -0.15) is 0 Å². The van der Waals surface area contributed by atoms with Crippen LogP contribution in [0.5, 0.6) is 0 Å². The molecule has 0 spiro atoms. The molecule has 0 aromatic heterocycles. The van der Waals surface area contributed by atoms with Crippen molar-refractivity contribution in [1.29, 1.82) is 0 Å². The van der Waals surface area contributed by atoms with Crippen LogP contribution >= 0.6 is 0 Å². The van der Waals surface area contributed by atoms with Gasteiger partial charge in [0.05, 0.1) is 17.7 Å². The number of benzene rings is 3. The number of piperidine rings is 3. The number of likely N-dealkylation sites (tertiary alicyclic amines) is 2. The Kier molecular flexibility index (Phi) is 9.68. The molecular formula is C39H42N4O6. The summed E-state index contributed by atoms with van der Waals surface area (Å²) >= 11 is 0. The maximum absolute atomic E-state index is 13.6. The molecule has 3 fully saturated rings. The molecule has 7 rings (SSSR count). The molecule has 5 amide bonds. The first-order chi connectivity index (χ1) is 23.9. The zero-order valence-electron chi connectivity index (χ0n) is 27.6. The summed E-state index contributed by atoms with van der Waals surface area (Å²) in [6, 6.07) is 22.3. The summed E-state index contributed by atoms with van der Waals surface area (Å²) < 4.78 is 5.68. The van der Waals surface area contributed by atoms with Gasteiger partial charge in [-0.15, -0.1) is 0 Å². The van der Waals surface area contributed by atoms with Crippen molar-refractivity contribution in [3.05, 3.63) is 95.1 Å². The molecule has 0 radical (unpaired) electrons. The lowest BCUT2D eigenvalue weighted by Gasteiger charge is -2.40. The van der Waals surface area contributed by atoms with Gasteiger partial charge in [0.15, 0.2) is 0 Å². The number of ether oxygens (including phenoxy) is 1. The van der Waals surface area contributed by atoms with E-state index in [9.17, 15) is 24.0 Å². The molecular weight excluding hydrogens is 620 g/mol. The standard InChI is InChI=1S/C39H42N4O6/c44-34-13-12-33(37(46)40-34)43-38(47)32-11-5-10-31(36(32)39(43)48)30-9-4-8-27(22-30)23-41-18-14-28(15-19-41)29-16-20-42(21-17-29)35(45)25-49-24-26-6-2-1-3-7-26/h1-11,22,28-29,33H,12-21,23-25H2,(H,40,44,46). The predicted octanol–water partition coefficient (Wildman–Crippen LogP) is 4.42. The van der Waals surface area contributed by atoms with Gasteiger partial charge in [-0.3, -0.25) is 39.1 Å². The summed E-state index contributed by atoms with van der Waals surface area (Å²) in [4.78, 5) is 69.4. The molecule has 1 unspecified atom stereocenters. The van der Waals surface area contributed by atoms with E-state index in [-0.39, 0.29) is 30.9 Å². The highest BCUT2D eigenvalue weighted by molar-refractivity contribution is 6.25. The van der Waals surface area contributed by atoms with Crippen LogP contribution in [0.4, 0.5) is 0 Å². The SMILES string of the molecule is O=C1CCC(N2C(=O)c3cccc(-c4cccc(CN5CCC(C6CCN(C(=O)COCc7ccccc7)CC6)CC5)c4)c3C2=O)C(=O)N1. The number of hydrogen-bond acceptors (Lipinski definition) is 7. The zero-order valence-corrected chi connectivity index (χ0v) is 27.6. The van der Waals surface area contributed by atoms with Gasteiger partial charge in [0, 0.05) is 26.1 Å². The Balaban J connectivity index is 0.915. The van der Waals surface area contributed by atoms with E-state index in [1.165, 1.54) is 0 Å². The smallest absolute Gasteiger partial charge is 0.262 e. The first-order valence-corrected chi connectivity index (χ1v) is 17.4. The van der Waals surface area contributed by atoms with Gasteiger partial charge in [0.25, 0.3) is 11.8 Å². The van der Waals surface area contributed by atoms with E-state index in [0.717, 1.165) is 80.0 Å². The minimum absolute atomic E-state index is 0.0782. The number of amides is 5. The molecule has 254 valence electrons. The van der Waals surface area contributed by atoms with Crippen molar-refractivity contribution in [3.63, 3.8) is 0 Å². The number of fused-ring (bicyclic) bond motifs is 1. The number of imide groups is 2. The first-order valence-electron chi connectivity index (χ1n) is 17.4. The third-order valence-electron chi connectivity index (χ3n) is 10.6. The van der Waals surface area contributed by atoms with Crippen LogP contribution in [0.3, 0.4) is 0 Å². The molecule has 49 heavy (non-hydrogen) atoms. The minimum Gasteiger partial charge on any atom is -0.367 e. The van der Waals surface area contributed by atoms with Crippen LogP contribution in [-0.2, 0) is 32.3 Å². The average molecular weight is 663 g/mol. The van der Waals surface area contributed by atoms with E-state index < -0.39 is 29.7 Å². The van der Waals surface area contributed by atoms with E-state index in [1.807, 2.05) is 53.4 Å². The summed E-state index contributed by atoms with van der Waals surface area (Å²) in [5.74, 6) is -0.621. The maximum atomic E-state index is 13.6. The summed E-state index contributed by atoms with van der Waals surface area (Å²) in [6.45, 7) is 4.99. The van der Waals surface area contributed by atoms with E-state index in [0.29, 0.717) is 29.6 Å². The number of carbonyl (C=O) groups excluding carboxylic acids is 5. The van der Waals surface area contributed by atoms with Crippen molar-refractivity contribution < 1.29 is 28.7 Å². The monoisotopic (exact) mass is 662 g/mol. The largest absolute Gasteiger partial charge is 0.367 e. The van der Waals surface area contributed by atoms with Gasteiger partial charge in [-0.1, -0.05) is 60.7 Å². The lowest BCUT2D eigenvalue weighted by atomic mass is 9.78. The zero-order chi connectivity index (χ0) is 33.9. The van der Waals surface area contributed by atoms with Gasteiger partial charge in [-0.25, -0.2) is 0 Å². The Morgan fingerprint density at radius 2 is 1.41 bits per heavy atom. The van der Waals surface area contributed by atoms with E-state index >= 15 is 0 Å². The van der Waals surface area contributed by atoms with Crippen molar-refractivity contribution >= 4 is 29.5 Å². The normalized spacial score (nSPS) is 20.9. The van der Waals surface area contributed by atoms with Crippen molar-refractivity contribution in [1.82, 2.24) is 20.0 Å². The highest BCUT2D eigenvalue weighted by Gasteiger charge is 2.45. The quantitative estimate of drug-likeness (QED) is 0.338. The number of hydrogen-bond donors (Lipinski definition) is 1. The van der Waals surface area contributed by atoms with E-state index in [2.05, 4.69) is 22.3 Å². The lowest BCUT2D eigenvalue weighted by Crippen LogP contribution is -2.54. The van der Waals surface area contributed by atoms with Gasteiger partial charge in [0.1, 0.15) is 12.6 Å². The van der Waals surface area contributed by atoms with Gasteiger partial charge < -0.3 is 9.64 Å². The van der Waals surface area contributed by atoms with Crippen molar-refractivity contribution in [2.24, 2.45) is 11.8 Å². The highest BCUT2D eigenvalue weighted by atomic mass is 16.5. The van der Waals surface area contributed by atoms with Crippen LogP contribution in [0.15, 0.2) is 72.8 Å². The molecule has 10 heteroatoms. The number of carbonyl (C=O) groups is 5. The van der Waals surface area contributed by atoms with E-state index in [4.69, 9.17) is 4.74 Å². The molecule has 4 heterocycles. The van der Waals surface area contributed by atoms with E-state index in [1.54, 1.807) is 12.1 Å². The highest BCUT2D eigenvalue weighted by Crippen LogP contribution is 2.36. The fourth-order valence-electron chi connectivity index (χ4n) is 7.98. The van der Waals surface area contributed by atoms with Gasteiger partial charge in [-0.05, 0) is 91.4 Å². The summed E-state index contributed by atoms with van der Waals surface area (Å²) in [6.07, 6.45) is 4.57. The predicted molar refractivity (Wildman–Crippen MR) is 182 cm³/mol. The third kappa shape index (κ3) is 7.07. The number of rotatable bonds is 9. The first kappa shape index (κ1) is 32.9. The Hall–Kier alpha value is -4.67. The molecule has 3 aromatic carbocycles. The Bertz CT molecular complexity index is 1740. The average Bonchev–Trinajstić information content (AvgIpc) is 3.38. The second-order valence-corrected chi connectivity index (χ2v) is 13.7. The molecule has 1 N–H and O–H groups in total. The fraction of sp³-hybridized carbons (Fsp3) is 0.410.